The number of rotatable bonds is 2. The molecule has 0 amide bonds. The number of hydrogen-bond donors (Lipinski definition) is 3. The Kier molecular flexibility index (Phi) is 3.47. The lowest BCUT2D eigenvalue weighted by Crippen LogP contribution is -2.48. The van der Waals surface area contributed by atoms with Gasteiger partial charge in [-0.2, -0.15) is 0 Å². The summed E-state index contributed by atoms with van der Waals surface area (Å²) in [6.45, 7) is -0.0541. The molecule has 0 aromatic rings. The van der Waals surface area contributed by atoms with Crippen LogP contribution >= 0.6 is 0 Å². The van der Waals surface area contributed by atoms with Gasteiger partial charge in [-0.1, -0.05) is 5.11 Å². The average Bonchev–Trinajstić information content (AvgIpc) is 2.09. The summed E-state index contributed by atoms with van der Waals surface area (Å²) in [6, 6.07) is 0. The molecule has 3 N–H and O–H groups in total. The van der Waals surface area contributed by atoms with Crippen molar-refractivity contribution in [3.63, 3.8) is 0 Å². The molecule has 13 heavy (non-hydrogen) atoms. The van der Waals surface area contributed by atoms with Crippen molar-refractivity contribution in [3.05, 3.63) is 10.4 Å². The fraction of sp³-hybridized carbons (Fsp3) is 1.00. The van der Waals surface area contributed by atoms with Gasteiger partial charge in [-0.3, -0.25) is 0 Å². The molecule has 7 heteroatoms. The molecule has 0 aromatic carbocycles. The van der Waals surface area contributed by atoms with E-state index in [9.17, 15) is 5.11 Å². The summed E-state index contributed by atoms with van der Waals surface area (Å²) in [6.07, 6.45) is -4.04. The molecule has 1 unspecified atom stereocenters. The van der Waals surface area contributed by atoms with Gasteiger partial charge >= 0.3 is 0 Å². The van der Waals surface area contributed by atoms with E-state index in [1.165, 1.54) is 0 Å². The lowest BCUT2D eigenvalue weighted by molar-refractivity contribution is -0.242. The summed E-state index contributed by atoms with van der Waals surface area (Å²) in [5.41, 5.74) is 8.01. The topological polar surface area (TPSA) is 119 Å². The van der Waals surface area contributed by atoms with Crippen molar-refractivity contribution in [2.45, 2.75) is 31.0 Å². The monoisotopic (exact) mass is 189 g/mol. The Morgan fingerprint density at radius 1 is 1.38 bits per heavy atom. The minimum atomic E-state index is -1.32. The van der Waals surface area contributed by atoms with Gasteiger partial charge < -0.3 is 20.1 Å². The van der Waals surface area contributed by atoms with Crippen LogP contribution in [0.1, 0.15) is 6.42 Å². The van der Waals surface area contributed by atoms with Gasteiger partial charge in [-0.15, -0.1) is 0 Å². The van der Waals surface area contributed by atoms with Crippen molar-refractivity contribution in [2.24, 2.45) is 5.11 Å². The third kappa shape index (κ3) is 2.55. The largest absolute Gasteiger partial charge is 0.390 e. The van der Waals surface area contributed by atoms with Crippen LogP contribution in [-0.4, -0.2) is 46.5 Å². The zero-order chi connectivity index (χ0) is 9.84. The molecule has 0 spiro atoms. The smallest absolute Gasteiger partial charge is 0.181 e. The molecule has 0 saturated carbocycles. The normalized spacial score (nSPS) is 39.6. The van der Waals surface area contributed by atoms with Gasteiger partial charge in [0.1, 0.15) is 6.10 Å². The van der Waals surface area contributed by atoms with Crippen LogP contribution in [-0.2, 0) is 4.74 Å². The maximum atomic E-state index is 9.30. The Hall–Kier alpha value is -0.850. The summed E-state index contributed by atoms with van der Waals surface area (Å²) in [7, 11) is 0. The number of hydrogen-bond acceptors (Lipinski definition) is 5. The second kappa shape index (κ2) is 4.40. The van der Waals surface area contributed by atoms with Gasteiger partial charge in [0.05, 0.1) is 18.8 Å². The lowest BCUT2D eigenvalue weighted by atomic mass is 10.0. The second-order valence-electron chi connectivity index (χ2n) is 2.85. The maximum Gasteiger partial charge on any atom is 0.181 e. The van der Waals surface area contributed by atoms with Crippen molar-refractivity contribution in [1.29, 1.82) is 0 Å². The first-order valence-electron chi connectivity index (χ1n) is 3.85. The van der Waals surface area contributed by atoms with Crippen molar-refractivity contribution in [3.8, 4) is 0 Å². The Bertz CT molecular complexity index is 218. The number of nitrogens with zero attached hydrogens (tertiary/aromatic N) is 3. The molecule has 1 heterocycles. The highest BCUT2D eigenvalue weighted by atomic mass is 16.6. The number of aliphatic hydroxyl groups excluding tert-OH is 3. The molecule has 0 bridgehead atoms. The minimum Gasteiger partial charge on any atom is -0.390 e. The summed E-state index contributed by atoms with van der Waals surface area (Å²) in [5.74, 6) is 0. The third-order valence-electron chi connectivity index (χ3n) is 1.88. The first-order valence-corrected chi connectivity index (χ1v) is 3.85. The van der Waals surface area contributed by atoms with Crippen LogP contribution in [0.25, 0.3) is 10.4 Å². The van der Waals surface area contributed by atoms with E-state index in [4.69, 9.17) is 20.5 Å². The molecule has 0 aliphatic carbocycles. The molecule has 74 valence electrons. The quantitative estimate of drug-likeness (QED) is 0.297. The Morgan fingerprint density at radius 2 is 2.08 bits per heavy atom. The summed E-state index contributed by atoms with van der Waals surface area (Å²) in [4.78, 5) is 2.50. The van der Waals surface area contributed by atoms with Gasteiger partial charge in [0.25, 0.3) is 0 Å². The molecular weight excluding hydrogens is 178 g/mol. The van der Waals surface area contributed by atoms with E-state index in [1.807, 2.05) is 0 Å². The fourth-order valence-electron chi connectivity index (χ4n) is 1.16. The number of azide groups is 1. The lowest BCUT2D eigenvalue weighted by Gasteiger charge is -2.33. The van der Waals surface area contributed by atoms with Gasteiger partial charge in [0, 0.05) is 11.3 Å². The van der Waals surface area contributed by atoms with Gasteiger partial charge in [-0.25, -0.2) is 0 Å². The molecule has 1 rings (SSSR count). The molecule has 1 aliphatic heterocycles. The Labute approximate surface area is 74.2 Å². The van der Waals surface area contributed by atoms with Gasteiger partial charge in [0.15, 0.2) is 6.29 Å². The van der Waals surface area contributed by atoms with E-state index in [-0.39, 0.29) is 13.0 Å². The van der Waals surface area contributed by atoms with Crippen LogP contribution in [0.15, 0.2) is 5.11 Å². The van der Waals surface area contributed by atoms with Crippen LogP contribution in [0.2, 0.25) is 0 Å². The summed E-state index contributed by atoms with van der Waals surface area (Å²) >= 11 is 0. The van der Waals surface area contributed by atoms with Crippen LogP contribution in [0.4, 0.5) is 0 Å². The van der Waals surface area contributed by atoms with Crippen molar-refractivity contribution in [2.75, 3.05) is 6.54 Å². The molecule has 0 radical (unpaired) electrons. The van der Waals surface area contributed by atoms with Gasteiger partial charge in [-0.05, 0) is 5.53 Å². The first-order chi connectivity index (χ1) is 6.15. The molecule has 4 atom stereocenters. The molecule has 1 aliphatic rings. The predicted molar refractivity (Wildman–Crippen MR) is 41.5 cm³/mol. The Morgan fingerprint density at radius 3 is 2.69 bits per heavy atom. The molecular formula is C6H11N3O4. The van der Waals surface area contributed by atoms with Crippen LogP contribution in [0.3, 0.4) is 0 Å². The highest BCUT2D eigenvalue weighted by Gasteiger charge is 2.34. The molecule has 1 saturated heterocycles. The second-order valence-corrected chi connectivity index (χ2v) is 2.85. The first kappa shape index (κ1) is 10.2. The van der Waals surface area contributed by atoms with Crippen molar-refractivity contribution >= 4 is 0 Å². The average molecular weight is 189 g/mol. The van der Waals surface area contributed by atoms with Crippen LogP contribution < -0.4 is 0 Å². The predicted octanol–water partition coefficient (Wildman–Crippen LogP) is -0.874. The van der Waals surface area contributed by atoms with Crippen LogP contribution in [0.5, 0.6) is 0 Å². The van der Waals surface area contributed by atoms with Crippen molar-refractivity contribution < 1.29 is 20.1 Å². The highest BCUT2D eigenvalue weighted by Crippen LogP contribution is 2.18. The third-order valence-corrected chi connectivity index (χ3v) is 1.88. The standard InChI is InChI=1S/C6H11N3O4/c7-9-8-2-5-3(10)1-4(11)6(12)13-5/h3-6,10-12H,1-2H2/t3-,4+,5+,6?/m0/s1. The van der Waals surface area contributed by atoms with E-state index in [0.717, 1.165) is 0 Å². The molecule has 1 fully saturated rings. The van der Waals surface area contributed by atoms with E-state index in [1.54, 1.807) is 0 Å². The minimum absolute atomic E-state index is 0.0206. The fourth-order valence-corrected chi connectivity index (χ4v) is 1.16. The van der Waals surface area contributed by atoms with E-state index < -0.39 is 24.6 Å². The van der Waals surface area contributed by atoms with Gasteiger partial charge in [0.2, 0.25) is 0 Å². The highest BCUT2D eigenvalue weighted by molar-refractivity contribution is 4.81. The maximum absolute atomic E-state index is 9.30. The number of aliphatic hydroxyl groups is 3. The molecule has 7 nitrogen and oxygen atoms in total. The van der Waals surface area contributed by atoms with E-state index in [0.29, 0.717) is 0 Å². The van der Waals surface area contributed by atoms with E-state index in [2.05, 4.69) is 10.0 Å². The Balaban J connectivity index is 2.50. The zero-order valence-electron chi connectivity index (χ0n) is 6.82. The number of ether oxygens (including phenoxy) is 1. The zero-order valence-corrected chi connectivity index (χ0v) is 6.82. The van der Waals surface area contributed by atoms with Crippen LogP contribution in [0, 0.1) is 0 Å². The molecule has 0 aromatic heterocycles. The van der Waals surface area contributed by atoms with Crippen molar-refractivity contribution in [1.82, 2.24) is 0 Å². The summed E-state index contributed by atoms with van der Waals surface area (Å²) in [5, 5.41) is 30.6. The summed E-state index contributed by atoms with van der Waals surface area (Å²) < 4.78 is 4.80. The van der Waals surface area contributed by atoms with E-state index >= 15 is 0 Å². The SMILES string of the molecule is [N-]=[N+]=NC[C@H]1OC(O)[C@H](O)C[C@@H]1O.